The number of hydrogen-bond donors (Lipinski definition) is 2. The third-order valence-corrected chi connectivity index (χ3v) is 10.3. The zero-order valence-corrected chi connectivity index (χ0v) is 31.0. The number of carbonyl (C=O) groups is 4. The van der Waals surface area contributed by atoms with Crippen LogP contribution in [0.25, 0.3) is 0 Å². The number of hydrogen-bond acceptors (Lipinski definition) is 12. The van der Waals surface area contributed by atoms with Crippen molar-refractivity contribution in [3.63, 3.8) is 0 Å². The summed E-state index contributed by atoms with van der Waals surface area (Å²) in [6.45, 7) is 8.30. The Morgan fingerprint density at radius 2 is 1.13 bits per heavy atom. The third-order valence-electron chi connectivity index (χ3n) is 10.3. The highest BCUT2D eigenvalue weighted by molar-refractivity contribution is 6.06. The standard InChI is InChI=1S/C39H48N4O12/c1-5-18-54-38(48)42-28-12-10-24(50-3)22-26(28)34(44)40-16-14-30(32(40)36(42)46)52-20-8-7-9-21-53-31-15-17-41-33(31)37(47)43(39(49)55-19-6-2)29-13-11-25(51-4)23-27(29)35(41)45/h5-6,10-13,22-23,30-33,36-37,46-47H,1-2,7-9,14-21H2,3-4H3/t30?,31?,32-,33-,36-,37-/m0/s1. The van der Waals surface area contributed by atoms with Gasteiger partial charge in [0.2, 0.25) is 0 Å². The van der Waals surface area contributed by atoms with Crippen LogP contribution in [0.3, 0.4) is 0 Å². The van der Waals surface area contributed by atoms with Crippen molar-refractivity contribution in [2.75, 3.05) is 63.5 Å². The maximum atomic E-state index is 13.8. The highest BCUT2D eigenvalue weighted by Gasteiger charge is 2.51. The van der Waals surface area contributed by atoms with Crippen LogP contribution in [0.15, 0.2) is 61.7 Å². The molecule has 0 aromatic heterocycles. The van der Waals surface area contributed by atoms with Crippen LogP contribution in [0, 0.1) is 0 Å². The number of nitrogens with zero attached hydrogens (tertiary/aromatic N) is 4. The Bertz CT molecular complexity index is 1650. The van der Waals surface area contributed by atoms with Crippen molar-refractivity contribution in [2.24, 2.45) is 0 Å². The molecule has 2 aromatic carbocycles. The molecule has 4 aliphatic heterocycles. The van der Waals surface area contributed by atoms with Crippen LogP contribution < -0.4 is 19.3 Å². The van der Waals surface area contributed by atoms with E-state index in [-0.39, 0.29) is 47.5 Å². The van der Waals surface area contributed by atoms with E-state index in [0.29, 0.717) is 69.9 Å². The van der Waals surface area contributed by atoms with Crippen LogP contribution in [-0.4, -0.2) is 134 Å². The number of ether oxygens (including phenoxy) is 6. The van der Waals surface area contributed by atoms with Gasteiger partial charge in [0.1, 0.15) is 36.8 Å². The first kappa shape index (κ1) is 39.5. The van der Waals surface area contributed by atoms with Gasteiger partial charge in [0.15, 0.2) is 12.5 Å². The molecule has 4 amide bonds. The summed E-state index contributed by atoms with van der Waals surface area (Å²) in [5.41, 5.74) is 0.815. The molecule has 16 heteroatoms. The number of unbranched alkanes of at least 4 members (excludes halogenated alkanes) is 2. The average Bonchev–Trinajstić information content (AvgIpc) is 3.79. The SMILES string of the molecule is C=CCOC(=O)N1c2ccc(OC)cc2C(=O)N2CCC(OCCCCCOC3CCN4C(=O)c5cc(OC)ccc5N(C(=O)OCC=C)[C@@H](O)[C@H]34)[C@H]2[C@@H]1O. The van der Waals surface area contributed by atoms with E-state index in [1.165, 1.54) is 36.2 Å². The summed E-state index contributed by atoms with van der Waals surface area (Å²) in [5.74, 6) is 0.146. The minimum absolute atomic E-state index is 0.0784. The quantitative estimate of drug-likeness (QED) is 0.211. The van der Waals surface area contributed by atoms with Gasteiger partial charge in [-0.2, -0.15) is 0 Å². The summed E-state index contributed by atoms with van der Waals surface area (Å²) < 4.78 is 33.7. The van der Waals surface area contributed by atoms with Crippen LogP contribution in [0.2, 0.25) is 0 Å². The molecular formula is C39H48N4O12. The van der Waals surface area contributed by atoms with E-state index >= 15 is 0 Å². The van der Waals surface area contributed by atoms with Gasteiger partial charge in [0, 0.05) is 26.3 Å². The number of fused-ring (bicyclic) bond motifs is 4. The van der Waals surface area contributed by atoms with Gasteiger partial charge in [-0.25, -0.2) is 19.4 Å². The molecule has 0 aliphatic carbocycles. The molecule has 2 saturated heterocycles. The van der Waals surface area contributed by atoms with Gasteiger partial charge in [0.05, 0.1) is 48.9 Å². The molecule has 16 nitrogen and oxygen atoms in total. The van der Waals surface area contributed by atoms with Crippen molar-refractivity contribution in [3.05, 3.63) is 72.8 Å². The predicted octanol–water partition coefficient (Wildman–Crippen LogP) is 3.70. The highest BCUT2D eigenvalue weighted by atomic mass is 16.6. The van der Waals surface area contributed by atoms with Gasteiger partial charge in [-0.05, 0) is 68.5 Å². The van der Waals surface area contributed by atoms with Gasteiger partial charge in [-0.3, -0.25) is 9.59 Å². The average molecular weight is 765 g/mol. The van der Waals surface area contributed by atoms with Crippen molar-refractivity contribution in [1.82, 2.24) is 9.80 Å². The monoisotopic (exact) mass is 764 g/mol. The molecule has 2 unspecified atom stereocenters. The molecule has 2 N–H and O–H groups in total. The molecular weight excluding hydrogens is 716 g/mol. The lowest BCUT2D eigenvalue weighted by molar-refractivity contribution is -0.0258. The van der Waals surface area contributed by atoms with E-state index in [2.05, 4.69) is 13.2 Å². The smallest absolute Gasteiger partial charge is 0.416 e. The van der Waals surface area contributed by atoms with Crippen LogP contribution in [-0.2, 0) is 18.9 Å². The molecule has 0 bridgehead atoms. The van der Waals surface area contributed by atoms with Gasteiger partial charge >= 0.3 is 12.2 Å². The zero-order chi connectivity index (χ0) is 39.2. The number of amides is 4. The Labute approximate surface area is 319 Å². The van der Waals surface area contributed by atoms with E-state index in [1.807, 2.05) is 0 Å². The third kappa shape index (κ3) is 7.85. The first-order valence-electron chi connectivity index (χ1n) is 18.4. The topological polar surface area (TPSA) is 177 Å². The second-order valence-electron chi connectivity index (χ2n) is 13.5. The van der Waals surface area contributed by atoms with Gasteiger partial charge in [-0.1, -0.05) is 25.3 Å². The summed E-state index contributed by atoms with van der Waals surface area (Å²) in [6, 6.07) is 7.71. The van der Waals surface area contributed by atoms with Crippen LogP contribution >= 0.6 is 0 Å². The first-order valence-corrected chi connectivity index (χ1v) is 18.4. The van der Waals surface area contributed by atoms with E-state index in [4.69, 9.17) is 28.4 Å². The molecule has 0 radical (unpaired) electrons. The Morgan fingerprint density at radius 1 is 0.709 bits per heavy atom. The summed E-state index contributed by atoms with van der Waals surface area (Å²) in [7, 11) is 2.96. The Kier molecular flexibility index (Phi) is 12.6. The Balaban J connectivity index is 1.05. The molecule has 296 valence electrons. The number of benzene rings is 2. The number of methoxy groups -OCH3 is 2. The van der Waals surface area contributed by atoms with Crippen molar-refractivity contribution in [1.29, 1.82) is 0 Å². The number of rotatable bonds is 14. The molecule has 6 rings (SSSR count). The summed E-state index contributed by atoms with van der Waals surface area (Å²) in [4.78, 5) is 59.2. The molecule has 6 atom stereocenters. The van der Waals surface area contributed by atoms with E-state index in [0.717, 1.165) is 9.80 Å². The number of anilines is 2. The largest absolute Gasteiger partial charge is 0.497 e. The summed E-state index contributed by atoms with van der Waals surface area (Å²) in [6.07, 6.45) is 0.109. The number of aliphatic hydroxyl groups excluding tert-OH is 2. The van der Waals surface area contributed by atoms with Crippen LogP contribution in [0.4, 0.5) is 21.0 Å². The van der Waals surface area contributed by atoms with Gasteiger partial charge in [0.25, 0.3) is 11.8 Å². The van der Waals surface area contributed by atoms with Crippen LogP contribution in [0.1, 0.15) is 52.8 Å². The zero-order valence-electron chi connectivity index (χ0n) is 31.0. The number of carbonyl (C=O) groups excluding carboxylic acids is 4. The molecule has 0 saturated carbocycles. The maximum Gasteiger partial charge on any atom is 0.416 e. The fraction of sp³-hybridized carbons (Fsp3) is 0.487. The number of aliphatic hydroxyl groups is 2. The van der Waals surface area contributed by atoms with E-state index in [9.17, 15) is 29.4 Å². The van der Waals surface area contributed by atoms with Crippen molar-refractivity contribution >= 4 is 35.4 Å². The van der Waals surface area contributed by atoms with Crippen LogP contribution in [0.5, 0.6) is 11.5 Å². The molecule has 2 aromatic rings. The van der Waals surface area contributed by atoms with E-state index in [1.54, 1.807) is 36.4 Å². The molecule has 2 fully saturated rings. The first-order chi connectivity index (χ1) is 26.6. The van der Waals surface area contributed by atoms with Crippen molar-refractivity contribution in [2.45, 2.75) is 68.9 Å². The fourth-order valence-corrected chi connectivity index (χ4v) is 7.73. The lowest BCUT2D eigenvalue weighted by atomic mass is 10.1. The van der Waals surface area contributed by atoms with E-state index < -0.39 is 48.9 Å². The molecule has 4 heterocycles. The minimum Gasteiger partial charge on any atom is -0.497 e. The normalized spacial score (nSPS) is 24.2. The minimum atomic E-state index is -1.44. The highest BCUT2D eigenvalue weighted by Crippen LogP contribution is 2.39. The summed E-state index contributed by atoms with van der Waals surface area (Å²) >= 11 is 0. The lowest BCUT2D eigenvalue weighted by Crippen LogP contribution is -2.55. The second-order valence-corrected chi connectivity index (χ2v) is 13.5. The molecule has 4 aliphatic rings. The van der Waals surface area contributed by atoms with Gasteiger partial charge in [-0.15, -0.1) is 0 Å². The van der Waals surface area contributed by atoms with Gasteiger partial charge < -0.3 is 48.4 Å². The Morgan fingerprint density at radius 3 is 1.51 bits per heavy atom. The summed E-state index contributed by atoms with van der Waals surface area (Å²) in [5, 5.41) is 23.2. The Hall–Kier alpha value is -5.16. The van der Waals surface area contributed by atoms with Crippen molar-refractivity contribution < 1.29 is 57.8 Å². The predicted molar refractivity (Wildman–Crippen MR) is 198 cm³/mol. The maximum absolute atomic E-state index is 13.8. The molecule has 0 spiro atoms. The fourth-order valence-electron chi connectivity index (χ4n) is 7.73. The van der Waals surface area contributed by atoms with Crippen molar-refractivity contribution in [3.8, 4) is 11.5 Å². The second kappa shape index (κ2) is 17.5. The lowest BCUT2D eigenvalue weighted by Gasteiger charge is -2.34. The molecule has 55 heavy (non-hydrogen) atoms.